The van der Waals surface area contributed by atoms with Crippen LogP contribution in [0, 0.1) is 0 Å². The van der Waals surface area contributed by atoms with Gasteiger partial charge in [-0.3, -0.25) is 4.79 Å². The third-order valence-electron chi connectivity index (χ3n) is 1.90. The van der Waals surface area contributed by atoms with E-state index in [1.54, 1.807) is 18.2 Å². The highest BCUT2D eigenvalue weighted by molar-refractivity contribution is 6.30. The molecule has 1 amide bonds. The van der Waals surface area contributed by atoms with Crippen LogP contribution in [0.3, 0.4) is 0 Å². The van der Waals surface area contributed by atoms with E-state index in [1.807, 2.05) is 0 Å². The number of hydrogen-bond acceptors (Lipinski definition) is 3. The summed E-state index contributed by atoms with van der Waals surface area (Å²) in [4.78, 5) is 10.8. The second kappa shape index (κ2) is 5.00. The van der Waals surface area contributed by atoms with Gasteiger partial charge in [0.05, 0.1) is 6.61 Å². The third kappa shape index (κ3) is 3.11. The van der Waals surface area contributed by atoms with Crippen LogP contribution in [0.1, 0.15) is 12.5 Å². The van der Waals surface area contributed by atoms with Crippen molar-refractivity contribution in [3.8, 4) is 5.75 Å². The van der Waals surface area contributed by atoms with Crippen molar-refractivity contribution in [2.75, 3.05) is 0 Å². The number of amides is 1. The predicted octanol–water partition coefficient (Wildman–Crippen LogP) is 1.08. The van der Waals surface area contributed by atoms with Crippen LogP contribution in [0.4, 0.5) is 0 Å². The summed E-state index contributed by atoms with van der Waals surface area (Å²) in [5.41, 5.74) is 5.58. The van der Waals surface area contributed by atoms with Crippen LogP contribution < -0.4 is 10.5 Å². The van der Waals surface area contributed by atoms with Gasteiger partial charge in [0.1, 0.15) is 5.75 Å². The van der Waals surface area contributed by atoms with Crippen LogP contribution >= 0.6 is 11.6 Å². The smallest absolute Gasteiger partial charge is 0.258 e. The Labute approximate surface area is 92.6 Å². The van der Waals surface area contributed by atoms with Gasteiger partial charge in [0, 0.05) is 10.6 Å². The van der Waals surface area contributed by atoms with Gasteiger partial charge in [0.15, 0.2) is 6.10 Å². The van der Waals surface area contributed by atoms with Crippen LogP contribution in [0.2, 0.25) is 5.02 Å². The minimum absolute atomic E-state index is 0.207. The van der Waals surface area contributed by atoms with Crippen molar-refractivity contribution in [2.45, 2.75) is 19.6 Å². The first-order valence-corrected chi connectivity index (χ1v) is 4.77. The summed E-state index contributed by atoms with van der Waals surface area (Å²) >= 11 is 5.74. The van der Waals surface area contributed by atoms with Crippen molar-refractivity contribution in [2.24, 2.45) is 5.73 Å². The lowest BCUT2D eigenvalue weighted by atomic mass is 10.2. The van der Waals surface area contributed by atoms with Gasteiger partial charge in [-0.25, -0.2) is 0 Å². The number of ether oxygens (including phenoxy) is 1. The molecule has 0 radical (unpaired) electrons. The highest BCUT2D eigenvalue weighted by Crippen LogP contribution is 2.23. The van der Waals surface area contributed by atoms with Crippen LogP contribution in [-0.2, 0) is 11.4 Å². The number of hydrogen-bond donors (Lipinski definition) is 2. The Bertz CT molecular complexity index is 368. The molecule has 0 aliphatic heterocycles. The van der Waals surface area contributed by atoms with E-state index in [-0.39, 0.29) is 6.61 Å². The van der Waals surface area contributed by atoms with Crippen molar-refractivity contribution in [1.82, 2.24) is 0 Å². The lowest BCUT2D eigenvalue weighted by Gasteiger charge is -2.14. The molecular weight excluding hydrogens is 218 g/mol. The molecule has 0 fully saturated rings. The number of carbonyl (C=O) groups excluding carboxylic acids is 1. The molecule has 1 unspecified atom stereocenters. The van der Waals surface area contributed by atoms with Crippen molar-refractivity contribution in [3.63, 3.8) is 0 Å². The predicted molar refractivity (Wildman–Crippen MR) is 56.7 cm³/mol. The average Bonchev–Trinajstić information content (AvgIpc) is 2.20. The van der Waals surface area contributed by atoms with Crippen molar-refractivity contribution in [1.29, 1.82) is 0 Å². The molecule has 1 atom stereocenters. The Morgan fingerprint density at radius 2 is 2.33 bits per heavy atom. The maximum Gasteiger partial charge on any atom is 0.258 e. The van der Waals surface area contributed by atoms with Gasteiger partial charge in [0.25, 0.3) is 5.91 Å². The quantitative estimate of drug-likeness (QED) is 0.812. The topological polar surface area (TPSA) is 72.6 Å². The summed E-state index contributed by atoms with van der Waals surface area (Å²) in [6.45, 7) is 1.33. The highest BCUT2D eigenvalue weighted by Gasteiger charge is 2.12. The number of halogens is 1. The first-order chi connectivity index (χ1) is 7.04. The number of nitrogens with two attached hydrogens (primary N) is 1. The number of primary amides is 1. The Morgan fingerprint density at radius 1 is 1.67 bits per heavy atom. The van der Waals surface area contributed by atoms with Gasteiger partial charge in [-0.15, -0.1) is 0 Å². The van der Waals surface area contributed by atoms with E-state index in [0.717, 1.165) is 0 Å². The minimum Gasteiger partial charge on any atom is -0.481 e. The van der Waals surface area contributed by atoms with Gasteiger partial charge in [-0.1, -0.05) is 11.6 Å². The highest BCUT2D eigenvalue weighted by atomic mass is 35.5. The van der Waals surface area contributed by atoms with Crippen LogP contribution in [0.15, 0.2) is 18.2 Å². The normalized spacial score (nSPS) is 12.2. The fourth-order valence-electron chi connectivity index (χ4n) is 1.04. The second-order valence-electron chi connectivity index (χ2n) is 3.07. The van der Waals surface area contributed by atoms with Crippen molar-refractivity contribution < 1.29 is 14.6 Å². The second-order valence-corrected chi connectivity index (χ2v) is 3.51. The zero-order valence-corrected chi connectivity index (χ0v) is 8.99. The van der Waals surface area contributed by atoms with E-state index >= 15 is 0 Å². The molecular formula is C10H12ClNO3. The zero-order valence-electron chi connectivity index (χ0n) is 8.24. The largest absolute Gasteiger partial charge is 0.481 e. The number of benzene rings is 1. The fraction of sp³-hybridized carbons (Fsp3) is 0.300. The number of rotatable bonds is 4. The maximum absolute atomic E-state index is 10.8. The SMILES string of the molecule is CC(Oc1ccc(Cl)cc1CO)C(N)=O. The van der Waals surface area contributed by atoms with E-state index in [2.05, 4.69) is 0 Å². The summed E-state index contributed by atoms with van der Waals surface area (Å²) in [5.74, 6) is -0.151. The van der Waals surface area contributed by atoms with Crippen LogP contribution in [0.5, 0.6) is 5.75 Å². The molecule has 3 N–H and O–H groups in total. The molecule has 1 aromatic rings. The van der Waals surface area contributed by atoms with Gasteiger partial charge >= 0.3 is 0 Å². The summed E-state index contributed by atoms with van der Waals surface area (Å²) in [6, 6.07) is 4.78. The number of aliphatic hydroxyl groups excluding tert-OH is 1. The summed E-state index contributed by atoms with van der Waals surface area (Å²) < 4.78 is 5.26. The lowest BCUT2D eigenvalue weighted by molar-refractivity contribution is -0.124. The van der Waals surface area contributed by atoms with E-state index in [4.69, 9.17) is 27.2 Å². The van der Waals surface area contributed by atoms with Crippen LogP contribution in [0.25, 0.3) is 0 Å². The molecule has 0 spiro atoms. The molecule has 0 saturated carbocycles. The molecule has 1 rings (SSSR count). The molecule has 0 aromatic heterocycles. The van der Waals surface area contributed by atoms with Crippen molar-refractivity contribution >= 4 is 17.5 Å². The molecule has 82 valence electrons. The zero-order chi connectivity index (χ0) is 11.4. The molecule has 15 heavy (non-hydrogen) atoms. The van der Waals surface area contributed by atoms with E-state index in [9.17, 15) is 4.79 Å². The van der Waals surface area contributed by atoms with Crippen LogP contribution in [-0.4, -0.2) is 17.1 Å². The van der Waals surface area contributed by atoms with E-state index in [0.29, 0.717) is 16.3 Å². The molecule has 0 saturated heterocycles. The first-order valence-electron chi connectivity index (χ1n) is 4.40. The Hall–Kier alpha value is -1.26. The van der Waals surface area contributed by atoms with Gasteiger partial charge in [-0.2, -0.15) is 0 Å². The first kappa shape index (κ1) is 11.8. The Balaban J connectivity index is 2.89. The maximum atomic E-state index is 10.8. The summed E-state index contributed by atoms with van der Waals surface area (Å²) in [7, 11) is 0. The monoisotopic (exact) mass is 229 g/mol. The molecule has 0 aliphatic rings. The number of aliphatic hydroxyl groups is 1. The Kier molecular flexibility index (Phi) is 3.94. The van der Waals surface area contributed by atoms with E-state index < -0.39 is 12.0 Å². The molecule has 4 nitrogen and oxygen atoms in total. The molecule has 0 aliphatic carbocycles. The Morgan fingerprint density at radius 3 is 2.87 bits per heavy atom. The molecule has 1 aromatic carbocycles. The van der Waals surface area contributed by atoms with Crippen molar-refractivity contribution in [3.05, 3.63) is 28.8 Å². The molecule has 0 heterocycles. The number of carbonyl (C=O) groups is 1. The molecule has 0 bridgehead atoms. The van der Waals surface area contributed by atoms with Gasteiger partial charge < -0.3 is 15.6 Å². The molecule has 5 heteroatoms. The summed E-state index contributed by atoms with van der Waals surface area (Å²) in [6.07, 6.45) is -0.739. The fourth-order valence-corrected chi connectivity index (χ4v) is 1.23. The minimum atomic E-state index is -0.739. The lowest BCUT2D eigenvalue weighted by Crippen LogP contribution is -2.30. The van der Waals surface area contributed by atoms with E-state index in [1.165, 1.54) is 6.92 Å². The van der Waals surface area contributed by atoms with Gasteiger partial charge in [-0.05, 0) is 25.1 Å². The van der Waals surface area contributed by atoms with Gasteiger partial charge in [0.2, 0.25) is 0 Å². The third-order valence-corrected chi connectivity index (χ3v) is 2.13. The standard InChI is InChI=1S/C10H12ClNO3/c1-6(10(12)14)15-9-3-2-8(11)4-7(9)5-13/h2-4,6,13H,5H2,1H3,(H2,12,14). The average molecular weight is 230 g/mol. The summed E-state index contributed by atoms with van der Waals surface area (Å²) in [5, 5.41) is 9.54.